The molecule has 2 aliphatic rings. The van der Waals surface area contributed by atoms with Gasteiger partial charge in [0.25, 0.3) is 0 Å². The lowest BCUT2D eigenvalue weighted by Crippen LogP contribution is -2.50. The molecule has 2 aromatic rings. The number of hydrogen-bond donors (Lipinski definition) is 1. The molecule has 1 saturated heterocycles. The number of carbonyl (C=O) groups is 1. The highest BCUT2D eigenvalue weighted by Gasteiger charge is 2.27. The van der Waals surface area contributed by atoms with Crippen molar-refractivity contribution in [3.63, 3.8) is 0 Å². The number of benzene rings is 1. The Hall–Kier alpha value is -2.32. The minimum Gasteiger partial charge on any atom is -0.492 e. The molecule has 1 aromatic heterocycles. The summed E-state index contributed by atoms with van der Waals surface area (Å²) in [7, 11) is 1.45. The molecular weight excluding hydrogens is 442 g/mol. The van der Waals surface area contributed by atoms with E-state index in [-0.39, 0.29) is 5.97 Å². The smallest absolute Gasteiger partial charge is 0.341 e. The highest BCUT2D eigenvalue weighted by molar-refractivity contribution is 7.80. The number of thiocarbonyl (C=S) groups is 1. The van der Waals surface area contributed by atoms with Gasteiger partial charge in [0.05, 0.1) is 25.0 Å². The number of thiophene rings is 1. The van der Waals surface area contributed by atoms with Gasteiger partial charge < -0.3 is 24.6 Å². The van der Waals surface area contributed by atoms with Gasteiger partial charge in [-0.15, -0.1) is 11.3 Å². The molecule has 0 radical (unpaired) electrons. The minimum atomic E-state index is -0.271. The van der Waals surface area contributed by atoms with Crippen molar-refractivity contribution in [3.05, 3.63) is 40.3 Å². The first-order chi connectivity index (χ1) is 15.6. The number of piperazine rings is 1. The van der Waals surface area contributed by atoms with Crippen molar-refractivity contribution in [3.8, 4) is 5.75 Å². The Balaban J connectivity index is 1.44. The van der Waals surface area contributed by atoms with Crippen LogP contribution >= 0.6 is 23.6 Å². The highest BCUT2D eigenvalue weighted by atomic mass is 32.1. The van der Waals surface area contributed by atoms with Crippen molar-refractivity contribution in [2.24, 2.45) is 0 Å². The topological polar surface area (TPSA) is 54.0 Å². The maximum atomic E-state index is 12.6. The number of rotatable bonds is 5. The van der Waals surface area contributed by atoms with Gasteiger partial charge >= 0.3 is 5.97 Å². The fourth-order valence-corrected chi connectivity index (χ4v) is 6.10. The molecule has 1 aliphatic heterocycles. The van der Waals surface area contributed by atoms with Crippen LogP contribution in [0.15, 0.2) is 24.3 Å². The van der Waals surface area contributed by atoms with Gasteiger partial charge in [-0.05, 0) is 62.5 Å². The van der Waals surface area contributed by atoms with Gasteiger partial charge in [0.1, 0.15) is 10.8 Å². The zero-order valence-corrected chi connectivity index (χ0v) is 20.4. The molecule has 4 rings (SSSR count). The molecular formula is C24H31N3O3S2. The van der Waals surface area contributed by atoms with Gasteiger partial charge in [-0.3, -0.25) is 0 Å². The summed E-state index contributed by atoms with van der Waals surface area (Å²) in [6, 6.07) is 8.18. The zero-order valence-electron chi connectivity index (χ0n) is 18.8. The van der Waals surface area contributed by atoms with E-state index in [1.807, 2.05) is 25.1 Å². The summed E-state index contributed by atoms with van der Waals surface area (Å²) in [5, 5.41) is 4.89. The van der Waals surface area contributed by atoms with E-state index in [0.29, 0.717) is 17.3 Å². The van der Waals surface area contributed by atoms with E-state index < -0.39 is 0 Å². The molecule has 6 nitrogen and oxygen atoms in total. The Kier molecular flexibility index (Phi) is 7.52. The third kappa shape index (κ3) is 4.86. The highest BCUT2D eigenvalue weighted by Crippen LogP contribution is 2.38. The number of methoxy groups -OCH3 is 1. The lowest BCUT2D eigenvalue weighted by molar-refractivity contribution is 0.0601. The van der Waals surface area contributed by atoms with Crippen LogP contribution in [0.3, 0.4) is 0 Å². The number of para-hydroxylation sites is 2. The number of nitrogens with one attached hydrogen (secondary N) is 1. The van der Waals surface area contributed by atoms with Crippen LogP contribution in [0.25, 0.3) is 0 Å². The predicted molar refractivity (Wildman–Crippen MR) is 135 cm³/mol. The molecule has 0 saturated carbocycles. The monoisotopic (exact) mass is 473 g/mol. The maximum absolute atomic E-state index is 12.6. The number of nitrogens with zero attached hydrogens (tertiary/aromatic N) is 2. The van der Waals surface area contributed by atoms with Crippen molar-refractivity contribution in [1.29, 1.82) is 0 Å². The van der Waals surface area contributed by atoms with Gasteiger partial charge in [-0.25, -0.2) is 4.79 Å². The first kappa shape index (κ1) is 22.9. The van der Waals surface area contributed by atoms with Crippen molar-refractivity contribution >= 4 is 45.3 Å². The number of hydrogen-bond acceptors (Lipinski definition) is 6. The zero-order chi connectivity index (χ0) is 22.5. The number of aryl methyl sites for hydroxylation is 1. The van der Waals surface area contributed by atoms with Crippen LogP contribution in [-0.2, 0) is 17.6 Å². The summed E-state index contributed by atoms with van der Waals surface area (Å²) in [5.41, 5.74) is 2.96. The maximum Gasteiger partial charge on any atom is 0.341 e. The van der Waals surface area contributed by atoms with Gasteiger partial charge in [-0.1, -0.05) is 18.6 Å². The molecule has 2 heterocycles. The van der Waals surface area contributed by atoms with Crippen LogP contribution < -0.4 is 15.0 Å². The Bertz CT molecular complexity index is 967. The molecule has 1 N–H and O–H groups in total. The SMILES string of the molecule is CCOc1ccccc1N1CCN(C(=S)Nc2sc3c(c2C(=O)OC)CCCCC3)CC1. The molecule has 1 aliphatic carbocycles. The van der Waals surface area contributed by atoms with E-state index in [4.69, 9.17) is 21.7 Å². The van der Waals surface area contributed by atoms with E-state index in [1.165, 1.54) is 24.8 Å². The summed E-state index contributed by atoms with van der Waals surface area (Å²) in [5.74, 6) is 0.652. The Morgan fingerprint density at radius 1 is 1.12 bits per heavy atom. The molecule has 1 fully saturated rings. The average molecular weight is 474 g/mol. The Labute approximate surface area is 199 Å². The lowest BCUT2D eigenvalue weighted by Gasteiger charge is -2.37. The molecule has 0 spiro atoms. The molecule has 1 aromatic carbocycles. The van der Waals surface area contributed by atoms with Crippen molar-refractivity contribution in [1.82, 2.24) is 4.90 Å². The lowest BCUT2D eigenvalue weighted by atomic mass is 10.1. The third-order valence-corrected chi connectivity index (χ3v) is 7.67. The number of fused-ring (bicyclic) bond motifs is 1. The third-order valence-electron chi connectivity index (χ3n) is 6.10. The van der Waals surface area contributed by atoms with Crippen LogP contribution in [-0.4, -0.2) is 55.9 Å². The summed E-state index contributed by atoms with van der Waals surface area (Å²) in [6.07, 6.45) is 5.45. The van der Waals surface area contributed by atoms with Gasteiger partial charge in [0, 0.05) is 31.1 Å². The second-order valence-electron chi connectivity index (χ2n) is 8.07. The van der Waals surface area contributed by atoms with Crippen molar-refractivity contribution in [2.75, 3.05) is 50.1 Å². The summed E-state index contributed by atoms with van der Waals surface area (Å²) >= 11 is 7.42. The number of anilines is 2. The van der Waals surface area contributed by atoms with Gasteiger partial charge in [0.15, 0.2) is 5.11 Å². The van der Waals surface area contributed by atoms with Crippen LogP contribution in [0.2, 0.25) is 0 Å². The number of ether oxygens (including phenoxy) is 2. The van der Waals surface area contributed by atoms with Gasteiger partial charge in [0.2, 0.25) is 0 Å². The van der Waals surface area contributed by atoms with E-state index in [2.05, 4.69) is 21.2 Å². The first-order valence-electron chi connectivity index (χ1n) is 11.4. The first-order valence-corrected chi connectivity index (χ1v) is 12.6. The summed E-state index contributed by atoms with van der Waals surface area (Å²) in [6.45, 7) is 5.99. The van der Waals surface area contributed by atoms with E-state index in [9.17, 15) is 4.79 Å². The molecule has 0 bridgehead atoms. The van der Waals surface area contributed by atoms with Crippen molar-refractivity contribution < 1.29 is 14.3 Å². The van der Waals surface area contributed by atoms with E-state index in [0.717, 1.165) is 67.4 Å². The largest absolute Gasteiger partial charge is 0.492 e. The fraction of sp³-hybridized carbons (Fsp3) is 0.500. The normalized spacial score (nSPS) is 16.2. The van der Waals surface area contributed by atoms with E-state index >= 15 is 0 Å². The Morgan fingerprint density at radius 3 is 2.62 bits per heavy atom. The van der Waals surface area contributed by atoms with E-state index in [1.54, 1.807) is 11.3 Å². The molecule has 172 valence electrons. The van der Waals surface area contributed by atoms with Crippen LogP contribution in [0.1, 0.15) is 47.0 Å². The van der Waals surface area contributed by atoms with Crippen LogP contribution in [0, 0.1) is 0 Å². The number of carbonyl (C=O) groups excluding carboxylic acids is 1. The van der Waals surface area contributed by atoms with Crippen LogP contribution in [0.4, 0.5) is 10.7 Å². The average Bonchev–Trinajstić information content (AvgIpc) is 2.99. The standard InChI is InChI=1S/C24H31N3O3S2/c1-3-30-19-11-8-7-10-18(19)26-13-15-27(16-14-26)24(31)25-22-21(23(28)29-2)17-9-5-4-6-12-20(17)32-22/h7-8,10-11H,3-6,9,12-16H2,1-2H3,(H,25,31). The minimum absolute atomic E-state index is 0.271. The summed E-state index contributed by atoms with van der Waals surface area (Å²) < 4.78 is 10.9. The molecule has 0 amide bonds. The molecule has 8 heteroatoms. The predicted octanol–water partition coefficient (Wildman–Crippen LogP) is 4.72. The van der Waals surface area contributed by atoms with Gasteiger partial charge in [-0.2, -0.15) is 0 Å². The second-order valence-corrected chi connectivity index (χ2v) is 9.56. The molecule has 32 heavy (non-hydrogen) atoms. The van der Waals surface area contributed by atoms with Crippen LogP contribution in [0.5, 0.6) is 5.75 Å². The molecule has 0 unspecified atom stereocenters. The Morgan fingerprint density at radius 2 is 1.88 bits per heavy atom. The van der Waals surface area contributed by atoms with Crippen molar-refractivity contribution in [2.45, 2.75) is 39.0 Å². The summed E-state index contributed by atoms with van der Waals surface area (Å²) in [4.78, 5) is 18.4. The second kappa shape index (κ2) is 10.5. The fourth-order valence-electron chi connectivity index (χ4n) is 4.47. The number of esters is 1. The molecule has 0 atom stereocenters. The quantitative estimate of drug-likeness (QED) is 0.383.